The Hall–Kier alpha value is -0.890. The van der Waals surface area contributed by atoms with Gasteiger partial charge in [-0.25, -0.2) is 0 Å². The van der Waals surface area contributed by atoms with Crippen molar-refractivity contribution >= 4 is 30.7 Å². The Morgan fingerprint density at radius 2 is 1.73 bits per heavy atom. The van der Waals surface area contributed by atoms with Crippen LogP contribution in [0.1, 0.15) is 5.56 Å². The molecule has 0 saturated carbocycles. The van der Waals surface area contributed by atoms with E-state index in [0.717, 1.165) is 39.3 Å². The third kappa shape index (κ3) is 7.02. The number of carbonyl (C=O) groups excluding carboxylic acids is 1. The van der Waals surface area contributed by atoms with Crippen LogP contribution in [0, 0.1) is 5.92 Å². The van der Waals surface area contributed by atoms with Gasteiger partial charge in [-0.05, 0) is 5.56 Å². The Morgan fingerprint density at radius 3 is 2.35 bits per heavy atom. The summed E-state index contributed by atoms with van der Waals surface area (Å²) in [4.78, 5) is 16.7. The van der Waals surface area contributed by atoms with Gasteiger partial charge in [0, 0.05) is 58.3 Å². The Balaban J connectivity index is 0.00000169. The molecule has 2 fully saturated rings. The van der Waals surface area contributed by atoms with Gasteiger partial charge in [-0.1, -0.05) is 30.3 Å². The smallest absolute Gasteiger partial charge is 0.234 e. The molecule has 2 unspecified atom stereocenters. The van der Waals surface area contributed by atoms with E-state index in [9.17, 15) is 9.90 Å². The van der Waals surface area contributed by atoms with E-state index in [1.807, 2.05) is 6.07 Å². The monoisotopic (exact) mass is 404 g/mol. The van der Waals surface area contributed by atoms with Gasteiger partial charge in [-0.2, -0.15) is 0 Å². The number of carbonyl (C=O) groups is 1. The molecule has 148 valence electrons. The molecule has 1 aromatic rings. The zero-order valence-electron chi connectivity index (χ0n) is 15.0. The zero-order chi connectivity index (χ0) is 16.8. The molecule has 2 aliphatic heterocycles. The highest BCUT2D eigenvalue weighted by Gasteiger charge is 2.25. The molecule has 2 atom stereocenters. The van der Waals surface area contributed by atoms with E-state index >= 15 is 0 Å². The molecule has 2 aliphatic rings. The lowest BCUT2D eigenvalue weighted by Crippen LogP contribution is -2.49. The third-order valence-electron chi connectivity index (χ3n) is 4.95. The van der Waals surface area contributed by atoms with Gasteiger partial charge in [0.25, 0.3) is 0 Å². The van der Waals surface area contributed by atoms with Crippen molar-refractivity contribution in [2.75, 3.05) is 52.4 Å². The quantitative estimate of drug-likeness (QED) is 0.637. The Morgan fingerprint density at radius 1 is 1.08 bits per heavy atom. The molecule has 3 rings (SSSR count). The van der Waals surface area contributed by atoms with Crippen LogP contribution in [-0.2, 0) is 11.3 Å². The number of β-amino-alcohol motifs (C(OH)–C–C–N with tert-alkyl or cyclic N) is 1. The fourth-order valence-corrected chi connectivity index (χ4v) is 3.38. The molecule has 26 heavy (non-hydrogen) atoms. The summed E-state index contributed by atoms with van der Waals surface area (Å²) >= 11 is 0. The lowest BCUT2D eigenvalue weighted by molar-refractivity contribution is -0.123. The van der Waals surface area contributed by atoms with Crippen LogP contribution in [0.25, 0.3) is 0 Å². The fraction of sp³-hybridized carbons (Fsp3) is 0.611. The maximum atomic E-state index is 12.1. The average Bonchev–Trinajstić information content (AvgIpc) is 3.01. The molecule has 1 aromatic carbocycles. The van der Waals surface area contributed by atoms with Crippen LogP contribution in [-0.4, -0.2) is 79.3 Å². The molecule has 0 radical (unpaired) electrons. The lowest BCUT2D eigenvalue weighted by Gasteiger charge is -2.34. The highest BCUT2D eigenvalue weighted by molar-refractivity contribution is 5.85. The van der Waals surface area contributed by atoms with Crippen molar-refractivity contribution in [3.05, 3.63) is 35.9 Å². The van der Waals surface area contributed by atoms with E-state index in [4.69, 9.17) is 0 Å². The first kappa shape index (κ1) is 23.1. The SMILES string of the molecule is Cl.Cl.O=C(CN1CCN(Cc2ccccc2)CC1)NCC1CNCC1O. The molecular weight excluding hydrogens is 375 g/mol. The summed E-state index contributed by atoms with van der Waals surface area (Å²) in [5.41, 5.74) is 1.34. The standard InChI is InChI=1S/C18H28N4O2.2ClH/c23-17-12-19-10-16(17)11-20-18(24)14-22-8-6-21(7-9-22)13-15-4-2-1-3-5-15;;/h1-5,16-17,19,23H,6-14H2,(H,20,24);2*1H. The Kier molecular flexibility index (Phi) is 10.5. The molecular formula is C18H30Cl2N4O2. The molecule has 2 heterocycles. The molecule has 0 bridgehead atoms. The van der Waals surface area contributed by atoms with Gasteiger partial charge < -0.3 is 15.7 Å². The van der Waals surface area contributed by atoms with E-state index in [1.165, 1.54) is 5.56 Å². The molecule has 1 amide bonds. The Labute approximate surface area is 168 Å². The van der Waals surface area contributed by atoms with Crippen molar-refractivity contribution in [1.29, 1.82) is 0 Å². The summed E-state index contributed by atoms with van der Waals surface area (Å²) in [7, 11) is 0. The molecule has 0 aromatic heterocycles. The summed E-state index contributed by atoms with van der Waals surface area (Å²) in [6.07, 6.45) is -0.341. The summed E-state index contributed by atoms with van der Waals surface area (Å²) in [6, 6.07) is 10.5. The molecule has 6 nitrogen and oxygen atoms in total. The summed E-state index contributed by atoms with van der Waals surface area (Å²) in [5, 5.41) is 15.8. The molecule has 2 saturated heterocycles. The van der Waals surface area contributed by atoms with Gasteiger partial charge in [0.1, 0.15) is 0 Å². The van der Waals surface area contributed by atoms with Crippen LogP contribution in [0.2, 0.25) is 0 Å². The van der Waals surface area contributed by atoms with Crippen LogP contribution in [0.3, 0.4) is 0 Å². The topological polar surface area (TPSA) is 67.8 Å². The minimum atomic E-state index is -0.341. The van der Waals surface area contributed by atoms with Crippen molar-refractivity contribution in [2.24, 2.45) is 5.92 Å². The van der Waals surface area contributed by atoms with Crippen LogP contribution in [0.15, 0.2) is 30.3 Å². The minimum Gasteiger partial charge on any atom is -0.391 e. The van der Waals surface area contributed by atoms with E-state index in [2.05, 4.69) is 44.7 Å². The van der Waals surface area contributed by atoms with Gasteiger partial charge in [0.05, 0.1) is 12.6 Å². The van der Waals surface area contributed by atoms with Crippen LogP contribution in [0.5, 0.6) is 0 Å². The number of aliphatic hydroxyl groups excluding tert-OH is 1. The van der Waals surface area contributed by atoms with Gasteiger partial charge in [-0.15, -0.1) is 24.8 Å². The van der Waals surface area contributed by atoms with Crippen molar-refractivity contribution < 1.29 is 9.90 Å². The first-order chi connectivity index (χ1) is 11.7. The maximum Gasteiger partial charge on any atom is 0.234 e. The largest absolute Gasteiger partial charge is 0.391 e. The van der Waals surface area contributed by atoms with Gasteiger partial charge in [-0.3, -0.25) is 14.6 Å². The number of hydrogen-bond acceptors (Lipinski definition) is 5. The number of nitrogens with one attached hydrogen (secondary N) is 2. The van der Waals surface area contributed by atoms with Crippen molar-refractivity contribution in [1.82, 2.24) is 20.4 Å². The molecule has 8 heteroatoms. The van der Waals surface area contributed by atoms with E-state index < -0.39 is 0 Å². The number of piperazine rings is 1. The number of rotatable bonds is 6. The fourth-order valence-electron chi connectivity index (χ4n) is 3.38. The molecule has 0 spiro atoms. The maximum absolute atomic E-state index is 12.1. The van der Waals surface area contributed by atoms with Gasteiger partial charge in [0.2, 0.25) is 5.91 Å². The second-order valence-electron chi connectivity index (χ2n) is 6.83. The summed E-state index contributed by atoms with van der Waals surface area (Å²) in [5.74, 6) is 0.197. The van der Waals surface area contributed by atoms with Crippen molar-refractivity contribution in [3.63, 3.8) is 0 Å². The van der Waals surface area contributed by atoms with Gasteiger partial charge >= 0.3 is 0 Å². The third-order valence-corrected chi connectivity index (χ3v) is 4.95. The molecule has 3 N–H and O–H groups in total. The zero-order valence-corrected chi connectivity index (χ0v) is 16.6. The number of benzene rings is 1. The summed E-state index contributed by atoms with van der Waals surface area (Å²) in [6.45, 7) is 7.23. The van der Waals surface area contributed by atoms with Crippen molar-refractivity contribution in [2.45, 2.75) is 12.6 Å². The number of halogens is 2. The predicted molar refractivity (Wildman–Crippen MR) is 108 cm³/mol. The van der Waals surface area contributed by atoms with E-state index in [1.54, 1.807) is 0 Å². The summed E-state index contributed by atoms with van der Waals surface area (Å²) < 4.78 is 0. The van der Waals surface area contributed by atoms with E-state index in [0.29, 0.717) is 19.6 Å². The lowest BCUT2D eigenvalue weighted by atomic mass is 10.1. The first-order valence-electron chi connectivity index (χ1n) is 8.85. The van der Waals surface area contributed by atoms with E-state index in [-0.39, 0.29) is 42.7 Å². The Bertz CT molecular complexity index is 527. The number of aliphatic hydroxyl groups is 1. The first-order valence-corrected chi connectivity index (χ1v) is 8.85. The highest BCUT2D eigenvalue weighted by Crippen LogP contribution is 2.09. The van der Waals surface area contributed by atoms with Crippen LogP contribution in [0.4, 0.5) is 0 Å². The normalized spacial score (nSPS) is 23.7. The predicted octanol–water partition coefficient (Wildman–Crippen LogP) is 0.344. The highest BCUT2D eigenvalue weighted by atomic mass is 35.5. The number of nitrogens with zero attached hydrogens (tertiary/aromatic N) is 2. The number of amides is 1. The molecule has 0 aliphatic carbocycles. The van der Waals surface area contributed by atoms with Crippen LogP contribution < -0.4 is 10.6 Å². The van der Waals surface area contributed by atoms with Crippen molar-refractivity contribution in [3.8, 4) is 0 Å². The average molecular weight is 405 g/mol. The second kappa shape index (κ2) is 11.7. The van der Waals surface area contributed by atoms with Crippen LogP contribution >= 0.6 is 24.8 Å². The van der Waals surface area contributed by atoms with Gasteiger partial charge in [0.15, 0.2) is 0 Å². The second-order valence-corrected chi connectivity index (χ2v) is 6.83. The number of hydrogen-bond donors (Lipinski definition) is 3. The minimum absolute atomic E-state index is 0.